The molecule has 0 fully saturated rings. The van der Waals surface area contributed by atoms with E-state index in [-0.39, 0.29) is 0 Å². The van der Waals surface area contributed by atoms with Crippen molar-refractivity contribution in [2.24, 2.45) is 5.73 Å². The van der Waals surface area contributed by atoms with Crippen LogP contribution in [0.25, 0.3) is 0 Å². The minimum atomic E-state index is -1.17. The van der Waals surface area contributed by atoms with Crippen molar-refractivity contribution in [3.05, 3.63) is 0 Å². The molecule has 0 unspecified atom stereocenters. The summed E-state index contributed by atoms with van der Waals surface area (Å²) in [6.07, 6.45) is 0. The zero-order chi connectivity index (χ0) is 9.89. The zero-order valence-corrected chi connectivity index (χ0v) is 7.58. The van der Waals surface area contributed by atoms with Gasteiger partial charge in [-0.25, -0.2) is 9.21 Å². The van der Waals surface area contributed by atoms with Gasteiger partial charge in [0.25, 0.3) is 5.91 Å². The number of rotatable bonds is 3. The first kappa shape index (κ1) is 11.2. The van der Waals surface area contributed by atoms with Crippen molar-refractivity contribution < 1.29 is 14.7 Å². The smallest absolute Gasteiger partial charge is 0.327 e. The van der Waals surface area contributed by atoms with Gasteiger partial charge in [-0.15, -0.1) is 0 Å². The van der Waals surface area contributed by atoms with E-state index in [1.54, 1.807) is 0 Å². The molecule has 0 saturated heterocycles. The molecule has 0 aliphatic heterocycles. The van der Waals surface area contributed by atoms with Crippen LogP contribution in [0.15, 0.2) is 0 Å². The molecule has 0 aromatic rings. The third kappa shape index (κ3) is 2.67. The minimum absolute atomic E-state index is 0.590. The number of carbonyl (C=O) groups is 2. The number of hydrogen-bond acceptors (Lipinski definition) is 3. The number of aliphatic carboxylic acids is 1. The van der Waals surface area contributed by atoms with E-state index in [1.807, 2.05) is 0 Å². The highest BCUT2D eigenvalue weighted by Crippen LogP contribution is 2.05. The number of carboxylic acids is 1. The van der Waals surface area contributed by atoms with Gasteiger partial charge in [0.05, 0.1) is 6.04 Å². The summed E-state index contributed by atoms with van der Waals surface area (Å²) >= 11 is 5.39. The third-order valence-electron chi connectivity index (χ3n) is 1.30. The highest BCUT2D eigenvalue weighted by molar-refractivity contribution is 6.23. The fourth-order valence-corrected chi connectivity index (χ4v) is 0.720. The Morgan fingerprint density at radius 1 is 1.50 bits per heavy atom. The molecular weight excluding hydrogens is 184 g/mol. The average Bonchev–Trinajstić information content (AvgIpc) is 2.00. The number of amides is 1. The van der Waals surface area contributed by atoms with E-state index in [0.29, 0.717) is 4.42 Å². The Labute approximate surface area is 75.2 Å². The van der Waals surface area contributed by atoms with Crippen molar-refractivity contribution in [3.63, 3.8) is 0 Å². The highest BCUT2D eigenvalue weighted by atomic mass is 35.5. The number of nitrogens with two attached hydrogens (primary N) is 1. The summed E-state index contributed by atoms with van der Waals surface area (Å²) in [5.74, 6) is -1.77. The van der Waals surface area contributed by atoms with Crippen LogP contribution >= 0.6 is 11.8 Å². The van der Waals surface area contributed by atoms with Crippen LogP contribution in [-0.2, 0) is 9.59 Å². The van der Waals surface area contributed by atoms with Crippen molar-refractivity contribution in [1.29, 1.82) is 0 Å². The Morgan fingerprint density at radius 3 is 2.17 bits per heavy atom. The van der Waals surface area contributed by atoms with Gasteiger partial charge in [-0.1, -0.05) is 0 Å². The largest absolute Gasteiger partial charge is 0.480 e. The normalized spacial score (nSPS) is 15.0. The van der Waals surface area contributed by atoms with Crippen molar-refractivity contribution in [2.75, 3.05) is 0 Å². The van der Waals surface area contributed by atoms with E-state index in [4.69, 9.17) is 22.6 Å². The molecule has 0 aromatic heterocycles. The molecule has 0 bridgehead atoms. The Kier molecular flexibility index (Phi) is 3.99. The van der Waals surface area contributed by atoms with Gasteiger partial charge in [0.2, 0.25) is 0 Å². The quantitative estimate of drug-likeness (QED) is 0.609. The predicted octanol–water partition coefficient (Wildman–Crippen LogP) is -0.211. The van der Waals surface area contributed by atoms with Crippen molar-refractivity contribution >= 4 is 23.7 Å². The van der Waals surface area contributed by atoms with Crippen LogP contribution in [0.5, 0.6) is 0 Å². The first-order valence-corrected chi connectivity index (χ1v) is 3.69. The van der Waals surface area contributed by atoms with E-state index in [2.05, 4.69) is 0 Å². The third-order valence-corrected chi connectivity index (χ3v) is 1.76. The summed E-state index contributed by atoms with van der Waals surface area (Å²) in [7, 11) is 0. The van der Waals surface area contributed by atoms with Gasteiger partial charge in [-0.3, -0.25) is 4.79 Å². The van der Waals surface area contributed by atoms with Gasteiger partial charge in [-0.05, 0) is 13.8 Å². The molecule has 70 valence electrons. The molecule has 0 aromatic carbocycles. The second-order valence-electron chi connectivity index (χ2n) is 2.45. The molecule has 0 radical (unpaired) electrons. The standard InChI is InChI=1S/C6H11ClN2O3/c1-3(8)5(10)9(7)4(2)6(11)12/h3-4H,8H2,1-2H3,(H,11,12)/t3-,4-/m0/s1. The molecule has 0 aliphatic carbocycles. The lowest BCUT2D eigenvalue weighted by Crippen LogP contribution is -2.44. The molecule has 0 rings (SSSR count). The Hall–Kier alpha value is -0.810. The molecule has 2 atom stereocenters. The van der Waals surface area contributed by atoms with Gasteiger partial charge in [0.1, 0.15) is 6.04 Å². The SMILES string of the molecule is C[C@H](N)C(=O)N(Cl)[C@@H](C)C(=O)O. The van der Waals surface area contributed by atoms with Crippen LogP contribution in [-0.4, -0.2) is 33.5 Å². The van der Waals surface area contributed by atoms with Crippen LogP contribution in [0.4, 0.5) is 0 Å². The Morgan fingerprint density at radius 2 is 1.92 bits per heavy atom. The lowest BCUT2D eigenvalue weighted by Gasteiger charge is -2.19. The van der Waals surface area contributed by atoms with E-state index < -0.39 is 24.0 Å². The molecule has 0 aliphatic rings. The Bertz CT molecular complexity index is 195. The lowest BCUT2D eigenvalue weighted by atomic mass is 10.3. The number of carbonyl (C=O) groups excluding carboxylic acids is 1. The molecular formula is C6H11ClN2O3. The predicted molar refractivity (Wildman–Crippen MR) is 43.4 cm³/mol. The monoisotopic (exact) mass is 194 g/mol. The maximum absolute atomic E-state index is 11.0. The molecule has 0 heterocycles. The fourth-order valence-electron chi connectivity index (χ4n) is 0.482. The first-order chi connectivity index (χ1) is 5.37. The second kappa shape index (κ2) is 4.27. The highest BCUT2D eigenvalue weighted by Gasteiger charge is 2.25. The van der Waals surface area contributed by atoms with Gasteiger partial charge >= 0.3 is 5.97 Å². The zero-order valence-electron chi connectivity index (χ0n) is 6.82. The minimum Gasteiger partial charge on any atom is -0.480 e. The van der Waals surface area contributed by atoms with E-state index in [0.717, 1.165) is 0 Å². The second-order valence-corrected chi connectivity index (χ2v) is 2.82. The van der Waals surface area contributed by atoms with Crippen molar-refractivity contribution in [2.45, 2.75) is 25.9 Å². The van der Waals surface area contributed by atoms with E-state index in [1.165, 1.54) is 13.8 Å². The molecule has 6 heteroatoms. The van der Waals surface area contributed by atoms with E-state index >= 15 is 0 Å². The molecule has 1 amide bonds. The molecule has 0 saturated carbocycles. The lowest BCUT2D eigenvalue weighted by molar-refractivity contribution is -0.145. The van der Waals surface area contributed by atoms with Gasteiger partial charge in [0, 0.05) is 11.8 Å². The van der Waals surface area contributed by atoms with Crippen LogP contribution in [0.1, 0.15) is 13.8 Å². The van der Waals surface area contributed by atoms with Gasteiger partial charge < -0.3 is 10.8 Å². The fraction of sp³-hybridized carbons (Fsp3) is 0.667. The number of hydrogen-bond donors (Lipinski definition) is 2. The molecule has 12 heavy (non-hydrogen) atoms. The maximum atomic E-state index is 11.0. The maximum Gasteiger partial charge on any atom is 0.327 e. The summed E-state index contributed by atoms with van der Waals surface area (Å²) in [5.41, 5.74) is 5.21. The topological polar surface area (TPSA) is 83.6 Å². The average molecular weight is 195 g/mol. The first-order valence-electron chi connectivity index (χ1n) is 3.35. The molecule has 3 N–H and O–H groups in total. The van der Waals surface area contributed by atoms with Crippen molar-refractivity contribution in [3.8, 4) is 0 Å². The summed E-state index contributed by atoms with van der Waals surface area (Å²) in [4.78, 5) is 21.3. The summed E-state index contributed by atoms with van der Waals surface area (Å²) in [6.45, 7) is 2.74. The number of nitrogens with zero attached hydrogens (tertiary/aromatic N) is 1. The number of halogens is 1. The number of carboxylic acid groups (broad SMARTS) is 1. The van der Waals surface area contributed by atoms with E-state index in [9.17, 15) is 9.59 Å². The van der Waals surface area contributed by atoms with Gasteiger partial charge in [-0.2, -0.15) is 0 Å². The van der Waals surface area contributed by atoms with Crippen LogP contribution in [0, 0.1) is 0 Å². The summed E-state index contributed by atoms with van der Waals surface area (Å²) in [6, 6.07) is -1.85. The van der Waals surface area contributed by atoms with Gasteiger partial charge in [0.15, 0.2) is 0 Å². The van der Waals surface area contributed by atoms with Crippen LogP contribution in [0.3, 0.4) is 0 Å². The van der Waals surface area contributed by atoms with Crippen LogP contribution < -0.4 is 5.73 Å². The Balaban J connectivity index is 4.29. The van der Waals surface area contributed by atoms with Crippen LogP contribution in [0.2, 0.25) is 0 Å². The van der Waals surface area contributed by atoms with Crippen molar-refractivity contribution in [1.82, 2.24) is 4.42 Å². The summed E-state index contributed by atoms with van der Waals surface area (Å²) < 4.78 is 0.590. The molecule has 5 nitrogen and oxygen atoms in total. The summed E-state index contributed by atoms with van der Waals surface area (Å²) in [5, 5.41) is 8.46. The molecule has 0 spiro atoms.